The Labute approximate surface area is 40.4 Å². The molecule has 1 saturated carbocycles. The van der Waals surface area contributed by atoms with E-state index in [-0.39, 0.29) is 0 Å². The molecule has 0 aliphatic heterocycles. The lowest BCUT2D eigenvalue weighted by atomic mass is 11.0. The Morgan fingerprint density at radius 3 is 2.20 bits per heavy atom. The van der Waals surface area contributed by atoms with Crippen LogP contribution in [0.3, 0.4) is 0 Å². The molecule has 1 aliphatic rings. The van der Waals surface area contributed by atoms with Gasteiger partial charge in [0.2, 0.25) is 0 Å². The van der Waals surface area contributed by atoms with Crippen LogP contribution in [0.4, 0.5) is 0 Å². The second-order valence-corrected chi connectivity index (χ2v) is 2.67. The van der Waals surface area contributed by atoms with Gasteiger partial charge in [-0.05, 0) is 23.5 Å². The first-order valence-electron chi connectivity index (χ1n) is 1.71. The Kier molecular flexibility index (Phi) is 1.06. The van der Waals surface area contributed by atoms with Crippen molar-refractivity contribution in [2.75, 3.05) is 0 Å². The topological polar surface area (TPSA) is 0 Å². The summed E-state index contributed by atoms with van der Waals surface area (Å²) in [6.07, 6.45) is 2.68. The minimum atomic E-state index is 0.816. The molecule has 1 fully saturated rings. The minimum absolute atomic E-state index is 0.816. The summed E-state index contributed by atoms with van der Waals surface area (Å²) in [7, 11) is 6.78. The first kappa shape index (κ1) is 3.82. The Morgan fingerprint density at radius 1 is 1.60 bits per heavy atom. The van der Waals surface area contributed by atoms with E-state index in [1.165, 1.54) is 23.8 Å². The maximum absolute atomic E-state index is 5.32. The molecule has 0 aromatic heterocycles. The number of rotatable bonds is 1. The van der Waals surface area contributed by atoms with Gasteiger partial charge in [-0.1, -0.05) is 11.0 Å². The van der Waals surface area contributed by atoms with Crippen LogP contribution in [0.1, 0.15) is 12.8 Å². The van der Waals surface area contributed by atoms with E-state index in [9.17, 15) is 0 Å². The van der Waals surface area contributed by atoms with E-state index in [4.69, 9.17) is 10.7 Å². The van der Waals surface area contributed by atoms with Gasteiger partial charge in [0, 0.05) is 5.25 Å². The molecule has 0 spiro atoms. The van der Waals surface area contributed by atoms with Crippen LogP contribution in [-0.4, -0.2) is 5.25 Å². The second-order valence-electron chi connectivity index (χ2n) is 1.29. The third-order valence-electron chi connectivity index (χ3n) is 0.650. The lowest BCUT2D eigenvalue weighted by Gasteiger charge is -1.70. The van der Waals surface area contributed by atoms with Gasteiger partial charge in [-0.2, -0.15) is 0 Å². The van der Waals surface area contributed by atoms with Crippen LogP contribution in [0.5, 0.6) is 0 Å². The molecule has 0 bridgehead atoms. The van der Waals surface area contributed by atoms with Gasteiger partial charge in [-0.3, -0.25) is 0 Å². The Hall–Kier alpha value is 0.640. The van der Waals surface area contributed by atoms with E-state index >= 15 is 0 Å². The second kappa shape index (κ2) is 1.39. The highest BCUT2D eigenvalue weighted by atomic mass is 35.7. The number of hydrogen-bond donors (Lipinski definition) is 0. The van der Waals surface area contributed by atoms with E-state index in [1.54, 1.807) is 0 Å². The number of hydrogen-bond acceptors (Lipinski definition) is 1. The first-order chi connectivity index (χ1) is 2.43. The van der Waals surface area contributed by atoms with Crippen molar-refractivity contribution in [3.05, 3.63) is 0 Å². The minimum Gasteiger partial charge on any atom is -0.0524 e. The van der Waals surface area contributed by atoms with E-state index in [0.29, 0.717) is 0 Å². The highest BCUT2D eigenvalue weighted by Crippen LogP contribution is 2.36. The molecule has 1 rings (SSSR count). The van der Waals surface area contributed by atoms with Gasteiger partial charge in [0.15, 0.2) is 0 Å². The van der Waals surface area contributed by atoms with Gasteiger partial charge in [0.1, 0.15) is 0 Å². The summed E-state index contributed by atoms with van der Waals surface area (Å²) in [4.78, 5) is 0. The predicted octanol–water partition coefficient (Wildman–Crippen LogP) is 2.04. The summed E-state index contributed by atoms with van der Waals surface area (Å²) in [6.45, 7) is 0. The molecule has 2 heteroatoms. The normalized spacial score (nSPS) is 23.4. The molecule has 30 valence electrons. The summed E-state index contributed by atoms with van der Waals surface area (Å²) in [6, 6.07) is 0. The largest absolute Gasteiger partial charge is 0.0524 e. The fraction of sp³-hybridized carbons (Fsp3) is 1.00. The van der Waals surface area contributed by atoms with Crippen molar-refractivity contribution in [1.29, 1.82) is 0 Å². The first-order valence-corrected chi connectivity index (χ1v) is 3.41. The summed E-state index contributed by atoms with van der Waals surface area (Å²) >= 11 is 0. The monoisotopic (exact) mass is 108 g/mol. The molecule has 0 saturated heterocycles. The lowest BCUT2D eigenvalue weighted by Crippen LogP contribution is -1.53. The van der Waals surface area contributed by atoms with E-state index in [2.05, 4.69) is 0 Å². The van der Waals surface area contributed by atoms with E-state index < -0.39 is 0 Å². The van der Waals surface area contributed by atoms with Crippen molar-refractivity contribution in [3.8, 4) is 0 Å². The van der Waals surface area contributed by atoms with Gasteiger partial charge in [0.05, 0.1) is 0 Å². The molecule has 0 aromatic carbocycles. The third-order valence-corrected chi connectivity index (χ3v) is 2.13. The third kappa shape index (κ3) is 1.02. The highest BCUT2D eigenvalue weighted by Gasteiger charge is 2.20. The van der Waals surface area contributed by atoms with Crippen LogP contribution < -0.4 is 0 Å². The summed E-state index contributed by atoms with van der Waals surface area (Å²) in [5.41, 5.74) is 0. The molecule has 5 heavy (non-hydrogen) atoms. The molecule has 0 nitrogen and oxygen atoms in total. The van der Waals surface area contributed by atoms with Gasteiger partial charge in [0.25, 0.3) is 0 Å². The highest BCUT2D eigenvalue weighted by molar-refractivity contribution is 8.21. The fourth-order valence-corrected chi connectivity index (χ4v) is 1.01. The molecule has 0 aromatic rings. The molecule has 1 aliphatic carbocycles. The van der Waals surface area contributed by atoms with Crippen LogP contribution in [0, 0.1) is 0 Å². The van der Waals surface area contributed by atoms with Crippen LogP contribution in [0.2, 0.25) is 0 Å². The average molecular weight is 109 g/mol. The van der Waals surface area contributed by atoms with Crippen LogP contribution >= 0.6 is 21.7 Å². The molecule has 0 radical (unpaired) electrons. The quantitative estimate of drug-likeness (QED) is 0.495. The zero-order valence-corrected chi connectivity index (χ0v) is 4.35. The zero-order chi connectivity index (χ0) is 3.70. The Balaban J connectivity index is 2.00. The standard InChI is InChI=1S/C3H5ClS/c4-5-3-1-2-3/h3H,1-2H2. The Morgan fingerprint density at radius 2 is 2.20 bits per heavy atom. The van der Waals surface area contributed by atoms with Crippen LogP contribution in [0.15, 0.2) is 0 Å². The van der Waals surface area contributed by atoms with Gasteiger partial charge in [-0.15, -0.1) is 0 Å². The molecule has 0 heterocycles. The summed E-state index contributed by atoms with van der Waals surface area (Å²) < 4.78 is 0. The molecular weight excluding hydrogens is 104 g/mol. The molecule has 0 amide bonds. The average Bonchev–Trinajstić information content (AvgIpc) is 2.12. The fourth-order valence-electron chi connectivity index (χ4n) is 0.157. The molecular formula is C3H5ClS. The smallest absolute Gasteiger partial charge is 0.0200 e. The van der Waals surface area contributed by atoms with Crippen molar-refractivity contribution in [3.63, 3.8) is 0 Å². The van der Waals surface area contributed by atoms with Crippen molar-refractivity contribution < 1.29 is 0 Å². The summed E-state index contributed by atoms with van der Waals surface area (Å²) in [5.74, 6) is 0. The van der Waals surface area contributed by atoms with Crippen molar-refractivity contribution in [2.45, 2.75) is 18.1 Å². The molecule has 0 atom stereocenters. The SMILES string of the molecule is ClSC1CC1. The maximum atomic E-state index is 5.32. The van der Waals surface area contributed by atoms with Crippen molar-refractivity contribution in [2.24, 2.45) is 0 Å². The predicted molar refractivity (Wildman–Crippen MR) is 26.5 cm³/mol. The van der Waals surface area contributed by atoms with Gasteiger partial charge >= 0.3 is 0 Å². The van der Waals surface area contributed by atoms with Crippen LogP contribution in [-0.2, 0) is 0 Å². The lowest BCUT2D eigenvalue weighted by molar-refractivity contribution is 1.50. The number of halogens is 1. The van der Waals surface area contributed by atoms with E-state index in [1.807, 2.05) is 0 Å². The van der Waals surface area contributed by atoms with Crippen molar-refractivity contribution in [1.82, 2.24) is 0 Å². The van der Waals surface area contributed by atoms with Gasteiger partial charge in [-0.25, -0.2) is 0 Å². The molecule has 0 unspecified atom stereocenters. The van der Waals surface area contributed by atoms with Crippen LogP contribution in [0.25, 0.3) is 0 Å². The summed E-state index contributed by atoms with van der Waals surface area (Å²) in [5, 5.41) is 0.816. The Bertz CT molecular complexity index is 33.9. The maximum Gasteiger partial charge on any atom is 0.0200 e. The van der Waals surface area contributed by atoms with Crippen molar-refractivity contribution >= 4 is 21.7 Å². The van der Waals surface area contributed by atoms with E-state index in [0.717, 1.165) is 5.25 Å². The van der Waals surface area contributed by atoms with Gasteiger partial charge < -0.3 is 0 Å². The zero-order valence-electron chi connectivity index (χ0n) is 2.78. The molecule has 0 N–H and O–H groups in total.